The number of nitrogens with one attached hydrogen (secondary N) is 1. The Balaban J connectivity index is 1.83. The van der Waals surface area contributed by atoms with Gasteiger partial charge in [-0.25, -0.2) is 4.79 Å². The monoisotopic (exact) mass is 385 g/mol. The van der Waals surface area contributed by atoms with Gasteiger partial charge in [0.25, 0.3) is 0 Å². The van der Waals surface area contributed by atoms with Crippen molar-refractivity contribution in [3.05, 3.63) is 51.6 Å². The van der Waals surface area contributed by atoms with Crippen LogP contribution >= 0.6 is 11.3 Å². The minimum absolute atomic E-state index is 0.179. The van der Waals surface area contributed by atoms with Crippen molar-refractivity contribution in [3.63, 3.8) is 0 Å². The summed E-state index contributed by atoms with van der Waals surface area (Å²) in [5, 5.41) is 4.37. The van der Waals surface area contributed by atoms with E-state index in [0.717, 1.165) is 33.4 Å². The first kappa shape index (κ1) is 19.2. The van der Waals surface area contributed by atoms with Crippen molar-refractivity contribution < 1.29 is 18.7 Å². The van der Waals surface area contributed by atoms with Crippen molar-refractivity contribution in [1.29, 1.82) is 0 Å². The maximum absolute atomic E-state index is 12.6. The Hall–Kier alpha value is -2.60. The lowest BCUT2D eigenvalue weighted by molar-refractivity contribution is -0.115. The molecule has 2 aromatic heterocycles. The van der Waals surface area contributed by atoms with E-state index in [1.165, 1.54) is 16.9 Å². The SMILES string of the molecule is CCOC(=O)c1c(NC(=O)Cc2coc3ccc(CC)cc23)sc(C)c1C. The predicted octanol–water partition coefficient (Wildman–Crippen LogP) is 5.03. The summed E-state index contributed by atoms with van der Waals surface area (Å²) in [7, 11) is 0. The van der Waals surface area contributed by atoms with Crippen LogP contribution in [0.3, 0.4) is 0 Å². The van der Waals surface area contributed by atoms with Gasteiger partial charge in [0.2, 0.25) is 5.91 Å². The van der Waals surface area contributed by atoms with Gasteiger partial charge in [0.05, 0.1) is 24.9 Å². The van der Waals surface area contributed by atoms with E-state index in [2.05, 4.69) is 18.3 Å². The molecule has 6 heteroatoms. The summed E-state index contributed by atoms with van der Waals surface area (Å²) in [5.41, 5.74) is 4.08. The van der Waals surface area contributed by atoms with Crippen molar-refractivity contribution in [2.75, 3.05) is 11.9 Å². The molecule has 0 fully saturated rings. The van der Waals surface area contributed by atoms with E-state index in [-0.39, 0.29) is 12.3 Å². The molecule has 1 N–H and O–H groups in total. The third-order valence-corrected chi connectivity index (χ3v) is 5.72. The number of esters is 1. The summed E-state index contributed by atoms with van der Waals surface area (Å²) in [4.78, 5) is 25.9. The summed E-state index contributed by atoms with van der Waals surface area (Å²) >= 11 is 1.39. The molecule has 0 atom stereocenters. The molecule has 0 aliphatic heterocycles. The van der Waals surface area contributed by atoms with Gasteiger partial charge in [0.15, 0.2) is 0 Å². The smallest absolute Gasteiger partial charge is 0.341 e. The van der Waals surface area contributed by atoms with Crippen molar-refractivity contribution in [1.82, 2.24) is 0 Å². The van der Waals surface area contributed by atoms with E-state index in [1.54, 1.807) is 13.2 Å². The maximum atomic E-state index is 12.6. The minimum atomic E-state index is -0.406. The minimum Gasteiger partial charge on any atom is -0.464 e. The first-order chi connectivity index (χ1) is 12.9. The Morgan fingerprint density at radius 3 is 2.70 bits per heavy atom. The van der Waals surface area contributed by atoms with Crippen molar-refractivity contribution in [3.8, 4) is 0 Å². The van der Waals surface area contributed by atoms with Gasteiger partial charge >= 0.3 is 5.97 Å². The number of fused-ring (bicyclic) bond motifs is 1. The van der Waals surface area contributed by atoms with Gasteiger partial charge in [-0.2, -0.15) is 0 Å². The molecule has 27 heavy (non-hydrogen) atoms. The number of amides is 1. The molecule has 0 saturated heterocycles. The zero-order valence-corrected chi connectivity index (χ0v) is 16.8. The molecule has 5 nitrogen and oxygen atoms in total. The number of benzene rings is 1. The fraction of sp³-hybridized carbons (Fsp3) is 0.333. The standard InChI is InChI=1S/C21H23NO4S/c1-5-14-7-8-17-16(9-14)15(11-26-17)10-18(23)22-20-19(21(24)25-6-2)12(3)13(4)27-20/h7-9,11H,5-6,10H2,1-4H3,(H,22,23). The molecule has 0 aliphatic carbocycles. The summed E-state index contributed by atoms with van der Waals surface area (Å²) in [6.07, 6.45) is 2.72. The molecule has 0 aliphatic rings. The first-order valence-corrected chi connectivity index (χ1v) is 9.82. The van der Waals surface area contributed by atoms with Gasteiger partial charge in [0, 0.05) is 15.8 Å². The van der Waals surface area contributed by atoms with Crippen LogP contribution < -0.4 is 5.32 Å². The highest BCUT2D eigenvalue weighted by atomic mass is 32.1. The second-order valence-corrected chi connectivity index (χ2v) is 7.60. The fourth-order valence-electron chi connectivity index (χ4n) is 2.99. The Morgan fingerprint density at radius 2 is 2.00 bits per heavy atom. The molecule has 0 saturated carbocycles. The van der Waals surface area contributed by atoms with Crippen LogP contribution in [-0.4, -0.2) is 18.5 Å². The van der Waals surface area contributed by atoms with Gasteiger partial charge in [-0.1, -0.05) is 13.0 Å². The van der Waals surface area contributed by atoms with Crippen LogP contribution in [0, 0.1) is 13.8 Å². The number of rotatable bonds is 6. The van der Waals surface area contributed by atoms with E-state index < -0.39 is 5.97 Å². The molecule has 1 aromatic carbocycles. The second kappa shape index (κ2) is 7.96. The van der Waals surface area contributed by atoms with Crippen LogP contribution in [0.1, 0.15) is 45.8 Å². The molecule has 0 bridgehead atoms. The molecular weight excluding hydrogens is 362 g/mol. The topological polar surface area (TPSA) is 68.5 Å². The highest BCUT2D eigenvalue weighted by Gasteiger charge is 2.22. The molecule has 0 radical (unpaired) electrons. The third kappa shape index (κ3) is 3.90. The van der Waals surface area contributed by atoms with Gasteiger partial charge in [0.1, 0.15) is 10.6 Å². The average Bonchev–Trinajstić information content (AvgIpc) is 3.15. The van der Waals surface area contributed by atoms with Gasteiger partial charge in [-0.3, -0.25) is 4.79 Å². The highest BCUT2D eigenvalue weighted by Crippen LogP contribution is 2.33. The fourth-order valence-corrected chi connectivity index (χ4v) is 4.06. The molecule has 0 unspecified atom stereocenters. The highest BCUT2D eigenvalue weighted by molar-refractivity contribution is 7.16. The lowest BCUT2D eigenvalue weighted by Crippen LogP contribution is -2.16. The molecule has 1 amide bonds. The number of thiophene rings is 1. The predicted molar refractivity (Wildman–Crippen MR) is 108 cm³/mol. The zero-order valence-electron chi connectivity index (χ0n) is 16.0. The third-order valence-electron chi connectivity index (χ3n) is 4.60. The van der Waals surface area contributed by atoms with E-state index >= 15 is 0 Å². The Morgan fingerprint density at radius 1 is 1.22 bits per heavy atom. The Labute approximate surface area is 162 Å². The number of furan rings is 1. The Kier molecular flexibility index (Phi) is 5.65. The van der Waals surface area contributed by atoms with Crippen LogP contribution in [0.2, 0.25) is 0 Å². The number of hydrogen-bond donors (Lipinski definition) is 1. The van der Waals surface area contributed by atoms with Crippen molar-refractivity contribution in [2.24, 2.45) is 0 Å². The Bertz CT molecular complexity index is 999. The van der Waals surface area contributed by atoms with Crippen LogP contribution in [0.4, 0.5) is 5.00 Å². The first-order valence-electron chi connectivity index (χ1n) is 9.00. The van der Waals surface area contributed by atoms with Gasteiger partial charge < -0.3 is 14.5 Å². The molecule has 3 aromatic rings. The van der Waals surface area contributed by atoms with E-state index in [1.807, 2.05) is 26.0 Å². The summed E-state index contributed by atoms with van der Waals surface area (Å²) in [6.45, 7) is 7.93. The van der Waals surface area contributed by atoms with E-state index in [9.17, 15) is 9.59 Å². The molecule has 2 heterocycles. The lowest BCUT2D eigenvalue weighted by atomic mass is 10.1. The second-order valence-electron chi connectivity index (χ2n) is 6.38. The number of hydrogen-bond acceptors (Lipinski definition) is 5. The molecule has 142 valence electrons. The normalized spacial score (nSPS) is 11.0. The number of carbonyl (C=O) groups excluding carboxylic acids is 2. The quantitative estimate of drug-likeness (QED) is 0.604. The molecule has 3 rings (SSSR count). The van der Waals surface area contributed by atoms with Crippen molar-refractivity contribution in [2.45, 2.75) is 40.5 Å². The van der Waals surface area contributed by atoms with Crippen molar-refractivity contribution >= 4 is 39.2 Å². The number of anilines is 1. The largest absolute Gasteiger partial charge is 0.464 e. The maximum Gasteiger partial charge on any atom is 0.341 e. The van der Waals surface area contributed by atoms with E-state index in [4.69, 9.17) is 9.15 Å². The summed E-state index contributed by atoms with van der Waals surface area (Å²) in [6, 6.07) is 6.02. The number of ether oxygens (including phenoxy) is 1. The average molecular weight is 385 g/mol. The molecular formula is C21H23NO4S. The number of aryl methyl sites for hydroxylation is 2. The lowest BCUT2D eigenvalue weighted by Gasteiger charge is -2.07. The van der Waals surface area contributed by atoms with Crippen LogP contribution in [-0.2, 0) is 22.4 Å². The summed E-state index contributed by atoms with van der Waals surface area (Å²) < 4.78 is 10.7. The van der Waals surface area contributed by atoms with Crippen LogP contribution in [0.25, 0.3) is 11.0 Å². The van der Waals surface area contributed by atoms with Gasteiger partial charge in [-0.05, 0) is 50.5 Å². The van der Waals surface area contributed by atoms with Crippen LogP contribution in [0.15, 0.2) is 28.9 Å². The van der Waals surface area contributed by atoms with Crippen LogP contribution in [0.5, 0.6) is 0 Å². The van der Waals surface area contributed by atoms with Gasteiger partial charge in [-0.15, -0.1) is 11.3 Å². The zero-order chi connectivity index (χ0) is 19.6. The van der Waals surface area contributed by atoms with E-state index in [0.29, 0.717) is 17.2 Å². The summed E-state index contributed by atoms with van der Waals surface area (Å²) in [5.74, 6) is -0.595. The molecule has 0 spiro atoms. The number of carbonyl (C=O) groups is 2.